The molecule has 1 heterocycles. The zero-order valence-electron chi connectivity index (χ0n) is 9.83. The summed E-state index contributed by atoms with van der Waals surface area (Å²) in [6, 6.07) is 6.58. The smallest absolute Gasteiger partial charge is 0.406 e. The number of rotatable bonds is 2. The van der Waals surface area contributed by atoms with Gasteiger partial charge >= 0.3 is 6.36 Å². The molecule has 0 fully saturated rings. The Hall–Kier alpha value is -2.11. The molecule has 0 aliphatic rings. The molecule has 0 atom stereocenters. The molecule has 0 aliphatic heterocycles. The van der Waals surface area contributed by atoms with Crippen LogP contribution < -0.4 is 4.74 Å². The second-order valence-electron chi connectivity index (χ2n) is 3.89. The van der Waals surface area contributed by atoms with Crippen molar-refractivity contribution in [1.29, 1.82) is 0 Å². The number of halogens is 4. The van der Waals surface area contributed by atoms with Crippen LogP contribution in [0.4, 0.5) is 17.6 Å². The van der Waals surface area contributed by atoms with Crippen LogP contribution in [0, 0.1) is 12.9 Å². The maximum absolute atomic E-state index is 12.9. The molecule has 19 heavy (non-hydrogen) atoms. The first-order valence-electron chi connectivity index (χ1n) is 5.33. The third-order valence-electron chi connectivity index (χ3n) is 2.48. The predicted octanol–water partition coefficient (Wildman–Crippen LogP) is 4.09. The van der Waals surface area contributed by atoms with Gasteiger partial charge in [-0.1, -0.05) is 12.1 Å². The molecule has 1 aromatic heterocycles. The summed E-state index contributed by atoms with van der Waals surface area (Å²) in [5.41, 5.74) is 1.94. The summed E-state index contributed by atoms with van der Waals surface area (Å²) in [5.74, 6) is -0.901. The number of alkyl halides is 3. The van der Waals surface area contributed by atoms with Gasteiger partial charge in [0.2, 0.25) is 5.95 Å². The Bertz CT molecular complexity index is 578. The molecule has 2 rings (SSSR count). The quantitative estimate of drug-likeness (QED) is 0.606. The highest BCUT2D eigenvalue weighted by molar-refractivity contribution is 5.66. The summed E-state index contributed by atoms with van der Waals surface area (Å²) < 4.78 is 52.6. The average molecular weight is 271 g/mol. The zero-order valence-corrected chi connectivity index (χ0v) is 9.83. The standard InChI is InChI=1S/C13H9F4NO/c1-8-6-12(14)18-7-11(8)9-2-4-10(5-3-9)19-13(15,16)17/h2-7H,1H3. The highest BCUT2D eigenvalue weighted by Crippen LogP contribution is 2.27. The van der Waals surface area contributed by atoms with Gasteiger partial charge < -0.3 is 4.74 Å². The minimum Gasteiger partial charge on any atom is -0.406 e. The van der Waals surface area contributed by atoms with Crippen molar-refractivity contribution in [2.45, 2.75) is 13.3 Å². The van der Waals surface area contributed by atoms with Crippen LogP contribution >= 0.6 is 0 Å². The van der Waals surface area contributed by atoms with E-state index < -0.39 is 12.3 Å². The largest absolute Gasteiger partial charge is 0.573 e. The van der Waals surface area contributed by atoms with Crippen LogP contribution in [0.15, 0.2) is 36.5 Å². The SMILES string of the molecule is Cc1cc(F)ncc1-c1ccc(OC(F)(F)F)cc1. The lowest BCUT2D eigenvalue weighted by molar-refractivity contribution is -0.274. The van der Waals surface area contributed by atoms with E-state index in [2.05, 4.69) is 9.72 Å². The van der Waals surface area contributed by atoms with Gasteiger partial charge in [0.05, 0.1) is 0 Å². The monoisotopic (exact) mass is 271 g/mol. The summed E-state index contributed by atoms with van der Waals surface area (Å²) in [4.78, 5) is 3.52. The van der Waals surface area contributed by atoms with Crippen molar-refractivity contribution in [3.05, 3.63) is 48.0 Å². The lowest BCUT2D eigenvalue weighted by Crippen LogP contribution is -2.16. The molecular weight excluding hydrogens is 262 g/mol. The van der Waals surface area contributed by atoms with E-state index in [4.69, 9.17) is 0 Å². The number of benzene rings is 1. The van der Waals surface area contributed by atoms with Crippen molar-refractivity contribution < 1.29 is 22.3 Å². The first-order chi connectivity index (χ1) is 8.85. The number of pyridine rings is 1. The molecular formula is C13H9F4NO. The summed E-state index contributed by atoms with van der Waals surface area (Å²) >= 11 is 0. The van der Waals surface area contributed by atoms with E-state index in [1.807, 2.05) is 0 Å². The van der Waals surface area contributed by atoms with Crippen molar-refractivity contribution >= 4 is 0 Å². The number of ether oxygens (including phenoxy) is 1. The Morgan fingerprint density at radius 1 is 1.11 bits per heavy atom. The number of aryl methyl sites for hydroxylation is 1. The minimum atomic E-state index is -4.71. The van der Waals surface area contributed by atoms with Crippen molar-refractivity contribution in [2.24, 2.45) is 0 Å². The predicted molar refractivity (Wildman–Crippen MR) is 61.1 cm³/mol. The molecule has 0 unspecified atom stereocenters. The van der Waals surface area contributed by atoms with Gasteiger partial charge in [0.25, 0.3) is 0 Å². The Morgan fingerprint density at radius 3 is 2.26 bits per heavy atom. The van der Waals surface area contributed by atoms with E-state index >= 15 is 0 Å². The third kappa shape index (κ3) is 3.43. The van der Waals surface area contributed by atoms with Crippen LogP contribution in [0.5, 0.6) is 5.75 Å². The van der Waals surface area contributed by atoms with Crippen LogP contribution in [0.25, 0.3) is 11.1 Å². The van der Waals surface area contributed by atoms with Crippen LogP contribution in [-0.4, -0.2) is 11.3 Å². The van der Waals surface area contributed by atoms with Crippen molar-refractivity contribution in [1.82, 2.24) is 4.98 Å². The highest BCUT2D eigenvalue weighted by Gasteiger charge is 2.30. The fourth-order valence-electron chi connectivity index (χ4n) is 1.66. The van der Waals surface area contributed by atoms with Crippen LogP contribution in [0.2, 0.25) is 0 Å². The van der Waals surface area contributed by atoms with Gasteiger partial charge in [0.15, 0.2) is 0 Å². The first kappa shape index (κ1) is 13.3. The van der Waals surface area contributed by atoms with E-state index in [1.165, 1.54) is 36.5 Å². The van der Waals surface area contributed by atoms with E-state index in [-0.39, 0.29) is 5.75 Å². The Morgan fingerprint density at radius 2 is 1.74 bits per heavy atom. The van der Waals surface area contributed by atoms with Crippen LogP contribution in [0.3, 0.4) is 0 Å². The van der Waals surface area contributed by atoms with E-state index in [9.17, 15) is 17.6 Å². The second-order valence-corrected chi connectivity index (χ2v) is 3.89. The third-order valence-corrected chi connectivity index (χ3v) is 2.48. The zero-order chi connectivity index (χ0) is 14.0. The summed E-state index contributed by atoms with van der Waals surface area (Å²) in [6.45, 7) is 1.69. The molecule has 0 aliphatic carbocycles. The molecule has 0 saturated heterocycles. The number of hydrogen-bond donors (Lipinski definition) is 0. The molecule has 6 heteroatoms. The van der Waals surface area contributed by atoms with Crippen LogP contribution in [0.1, 0.15) is 5.56 Å². The summed E-state index contributed by atoms with van der Waals surface area (Å²) in [7, 11) is 0. The van der Waals surface area contributed by atoms with Gasteiger partial charge in [-0.3, -0.25) is 0 Å². The molecule has 1 aromatic carbocycles. The molecule has 0 N–H and O–H groups in total. The van der Waals surface area contributed by atoms with Crippen molar-refractivity contribution in [3.63, 3.8) is 0 Å². The lowest BCUT2D eigenvalue weighted by atomic mass is 10.0. The van der Waals surface area contributed by atoms with E-state index in [0.29, 0.717) is 16.7 Å². The number of hydrogen-bond acceptors (Lipinski definition) is 2. The summed E-state index contributed by atoms with van der Waals surface area (Å²) in [5, 5.41) is 0. The van der Waals surface area contributed by atoms with Gasteiger partial charge in [-0.2, -0.15) is 4.39 Å². The van der Waals surface area contributed by atoms with E-state index in [0.717, 1.165) is 0 Å². The average Bonchev–Trinajstić information content (AvgIpc) is 2.28. The van der Waals surface area contributed by atoms with Crippen molar-refractivity contribution in [3.8, 4) is 16.9 Å². The van der Waals surface area contributed by atoms with E-state index in [1.54, 1.807) is 6.92 Å². The molecule has 0 radical (unpaired) electrons. The molecule has 2 aromatic rings. The molecule has 0 bridgehead atoms. The Balaban J connectivity index is 2.27. The number of nitrogens with zero attached hydrogens (tertiary/aromatic N) is 1. The van der Waals surface area contributed by atoms with Gasteiger partial charge in [-0.15, -0.1) is 13.2 Å². The molecule has 0 saturated carbocycles. The Kier molecular flexibility index (Phi) is 3.42. The maximum atomic E-state index is 12.9. The minimum absolute atomic E-state index is 0.302. The van der Waals surface area contributed by atoms with Gasteiger partial charge in [0, 0.05) is 11.8 Å². The number of aromatic nitrogens is 1. The first-order valence-corrected chi connectivity index (χ1v) is 5.33. The molecule has 0 spiro atoms. The topological polar surface area (TPSA) is 22.1 Å². The van der Waals surface area contributed by atoms with Gasteiger partial charge in [-0.05, 0) is 36.2 Å². The second kappa shape index (κ2) is 4.87. The molecule has 2 nitrogen and oxygen atoms in total. The fourth-order valence-corrected chi connectivity index (χ4v) is 1.66. The van der Waals surface area contributed by atoms with Gasteiger partial charge in [0.1, 0.15) is 5.75 Å². The molecule has 100 valence electrons. The highest BCUT2D eigenvalue weighted by atomic mass is 19.4. The van der Waals surface area contributed by atoms with Crippen LogP contribution in [-0.2, 0) is 0 Å². The lowest BCUT2D eigenvalue weighted by Gasteiger charge is -2.10. The Labute approximate surface area is 106 Å². The maximum Gasteiger partial charge on any atom is 0.573 e. The summed E-state index contributed by atoms with van der Waals surface area (Å²) in [6.07, 6.45) is -3.38. The van der Waals surface area contributed by atoms with Crippen molar-refractivity contribution in [2.75, 3.05) is 0 Å². The molecule has 0 amide bonds. The van der Waals surface area contributed by atoms with Gasteiger partial charge in [-0.25, -0.2) is 4.98 Å². The fraction of sp³-hybridized carbons (Fsp3) is 0.154. The normalized spacial score (nSPS) is 11.4.